The van der Waals surface area contributed by atoms with Gasteiger partial charge in [-0.15, -0.1) is 0 Å². The second-order valence-electron chi connectivity index (χ2n) is 11.3. The molecule has 4 nitrogen and oxygen atoms in total. The van der Waals surface area contributed by atoms with Crippen LogP contribution in [-0.2, 0) is 6.42 Å². The molecule has 0 fully saturated rings. The summed E-state index contributed by atoms with van der Waals surface area (Å²) in [6.07, 6.45) is 7.66. The maximum absolute atomic E-state index is 6.64. The summed E-state index contributed by atoms with van der Waals surface area (Å²) in [5, 5.41) is 1.26. The van der Waals surface area contributed by atoms with Crippen LogP contribution in [0.15, 0.2) is 103 Å². The lowest BCUT2D eigenvalue weighted by Crippen LogP contribution is -2.54. The van der Waals surface area contributed by atoms with Gasteiger partial charge in [0.05, 0.1) is 11.4 Å². The van der Waals surface area contributed by atoms with Gasteiger partial charge < -0.3 is 18.9 Å². The van der Waals surface area contributed by atoms with Crippen molar-refractivity contribution in [3.63, 3.8) is 0 Å². The van der Waals surface area contributed by atoms with Crippen LogP contribution < -0.4 is 25.3 Å². The topological polar surface area (TPSA) is 26.6 Å². The maximum atomic E-state index is 6.64. The van der Waals surface area contributed by atoms with Gasteiger partial charge in [0.1, 0.15) is 11.5 Å². The van der Waals surface area contributed by atoms with Crippen molar-refractivity contribution < 1.29 is 9.47 Å². The summed E-state index contributed by atoms with van der Waals surface area (Å²) in [6, 6.07) is 32.6. The number of benzene rings is 5. The average molecular weight is 526 g/mol. The van der Waals surface area contributed by atoms with Gasteiger partial charge >= 0.3 is 6.85 Å². The van der Waals surface area contributed by atoms with Crippen LogP contribution in [0.1, 0.15) is 11.1 Å². The number of ether oxygens (including phenoxy) is 2. The van der Waals surface area contributed by atoms with Gasteiger partial charge in [-0.3, -0.25) is 0 Å². The maximum Gasteiger partial charge on any atom is 0.336 e. The van der Waals surface area contributed by atoms with Crippen LogP contribution in [0.25, 0.3) is 39.2 Å². The second-order valence-corrected chi connectivity index (χ2v) is 11.3. The fraction of sp³-hybridized carbons (Fsp3) is 0.0556. The Hall–Kier alpha value is -5.16. The van der Waals surface area contributed by atoms with E-state index in [1.54, 1.807) is 0 Å². The summed E-state index contributed by atoms with van der Waals surface area (Å²) < 4.78 is 15.7. The summed E-state index contributed by atoms with van der Waals surface area (Å²) in [4.78, 5) is 2.30. The number of aromatic nitrogens is 1. The van der Waals surface area contributed by atoms with Crippen LogP contribution >= 0.6 is 0 Å². The Balaban J connectivity index is 1.18. The lowest BCUT2D eigenvalue weighted by atomic mass is 9.46. The minimum Gasteiger partial charge on any atom is -0.458 e. The Labute approximate surface area is 237 Å². The molecule has 1 aromatic heterocycles. The molecular weight excluding hydrogens is 503 g/mol. The number of anilines is 2. The number of para-hydroxylation sites is 2. The average Bonchev–Trinajstić information content (AvgIpc) is 3.66. The lowest BCUT2D eigenvalue weighted by molar-refractivity contribution is 0.458. The van der Waals surface area contributed by atoms with E-state index in [2.05, 4.69) is 126 Å². The minimum absolute atomic E-state index is 0.0242. The first kappa shape index (κ1) is 21.6. The third-order valence-corrected chi connectivity index (χ3v) is 9.29. The molecule has 6 aromatic rings. The van der Waals surface area contributed by atoms with E-state index in [9.17, 15) is 0 Å². The molecule has 5 heteroatoms. The molecule has 4 aliphatic rings. The molecule has 1 aliphatic carbocycles. The Kier molecular flexibility index (Phi) is 3.97. The molecule has 0 radical (unpaired) electrons. The minimum atomic E-state index is 0.0242. The molecule has 0 amide bonds. The first-order valence-electron chi connectivity index (χ1n) is 14.2. The van der Waals surface area contributed by atoms with Gasteiger partial charge in [-0.1, -0.05) is 72.8 Å². The van der Waals surface area contributed by atoms with Crippen molar-refractivity contribution in [3.8, 4) is 45.3 Å². The van der Waals surface area contributed by atoms with Crippen LogP contribution in [0.2, 0.25) is 0 Å². The largest absolute Gasteiger partial charge is 0.458 e. The quantitative estimate of drug-likeness (QED) is 0.207. The molecule has 0 bridgehead atoms. The standard InChI is InChI=1S/C36H23BN2O2/c1-38-29-19-28-32(40-30-15-5-12-25-27-13-4-9-22-17-18-39(35(22)27)37(28)34(25)30)20-33(29)41-31-16-6-14-26(36(31)38)24-11-3-8-21-7-2-10-23(21)24/h2-9,11-20H,10H2,1H3. The summed E-state index contributed by atoms with van der Waals surface area (Å²) in [7, 11) is 2.16. The van der Waals surface area contributed by atoms with E-state index >= 15 is 0 Å². The fourth-order valence-electron chi connectivity index (χ4n) is 7.53. The predicted octanol–water partition coefficient (Wildman–Crippen LogP) is 7.49. The zero-order valence-electron chi connectivity index (χ0n) is 22.4. The number of fused-ring (bicyclic) bond motifs is 7. The van der Waals surface area contributed by atoms with Crippen molar-refractivity contribution in [2.75, 3.05) is 11.9 Å². The van der Waals surface area contributed by atoms with Crippen molar-refractivity contribution >= 4 is 46.1 Å². The molecule has 0 unspecified atom stereocenters. The number of rotatable bonds is 1. The van der Waals surface area contributed by atoms with Crippen molar-refractivity contribution in [1.82, 2.24) is 4.48 Å². The molecule has 4 heterocycles. The van der Waals surface area contributed by atoms with Gasteiger partial charge in [0.2, 0.25) is 0 Å². The molecular formula is C36H23BN2O2. The van der Waals surface area contributed by atoms with Crippen molar-refractivity contribution in [3.05, 3.63) is 114 Å². The molecule has 0 atom stereocenters. The summed E-state index contributed by atoms with van der Waals surface area (Å²) in [5.74, 6) is 3.43. The summed E-state index contributed by atoms with van der Waals surface area (Å²) >= 11 is 0. The molecule has 0 spiro atoms. The van der Waals surface area contributed by atoms with Gasteiger partial charge in [-0.25, -0.2) is 0 Å². The van der Waals surface area contributed by atoms with E-state index in [1.165, 1.54) is 49.7 Å². The van der Waals surface area contributed by atoms with Gasteiger partial charge in [0.15, 0.2) is 11.5 Å². The van der Waals surface area contributed by atoms with Crippen LogP contribution in [0.4, 0.5) is 11.4 Å². The number of hydrogen-bond acceptors (Lipinski definition) is 3. The molecule has 41 heavy (non-hydrogen) atoms. The predicted molar refractivity (Wildman–Crippen MR) is 167 cm³/mol. The highest BCUT2D eigenvalue weighted by atomic mass is 16.5. The van der Waals surface area contributed by atoms with Crippen molar-refractivity contribution in [2.45, 2.75) is 6.42 Å². The van der Waals surface area contributed by atoms with Crippen molar-refractivity contribution in [2.24, 2.45) is 0 Å². The third-order valence-electron chi connectivity index (χ3n) is 9.29. The SMILES string of the molecule is CN1c2cc3c(cc2Oc2cccc(-c4cccc5c4CC=C5)c21)Oc1cccc2c1B3n1ccc3cccc-2c31. The lowest BCUT2D eigenvalue weighted by Gasteiger charge is -2.36. The molecule has 192 valence electrons. The Bertz CT molecular complexity index is 2180. The Morgan fingerprint density at radius 1 is 0.707 bits per heavy atom. The third kappa shape index (κ3) is 2.71. The highest BCUT2D eigenvalue weighted by Gasteiger charge is 2.41. The summed E-state index contributed by atoms with van der Waals surface area (Å²) in [6.45, 7) is 0.0242. The van der Waals surface area contributed by atoms with Gasteiger partial charge in [0.25, 0.3) is 0 Å². The van der Waals surface area contributed by atoms with Crippen LogP contribution in [-0.4, -0.2) is 18.4 Å². The van der Waals surface area contributed by atoms with E-state index in [1.807, 2.05) is 0 Å². The monoisotopic (exact) mass is 526 g/mol. The highest BCUT2D eigenvalue weighted by Crippen LogP contribution is 2.52. The molecule has 3 aliphatic heterocycles. The molecule has 0 saturated carbocycles. The number of allylic oxidation sites excluding steroid dienone is 1. The summed E-state index contributed by atoms with van der Waals surface area (Å²) in [5.41, 5.74) is 13.4. The molecule has 0 N–H and O–H groups in total. The zero-order chi connectivity index (χ0) is 26.8. The van der Waals surface area contributed by atoms with Gasteiger partial charge in [-0.05, 0) is 70.0 Å². The Morgan fingerprint density at radius 2 is 1.49 bits per heavy atom. The van der Waals surface area contributed by atoms with Crippen LogP contribution in [0, 0.1) is 0 Å². The number of hydrogen-bond donors (Lipinski definition) is 0. The highest BCUT2D eigenvalue weighted by molar-refractivity contribution is 6.88. The number of nitrogens with zero attached hydrogens (tertiary/aromatic N) is 2. The van der Waals surface area contributed by atoms with E-state index in [0.717, 1.165) is 46.3 Å². The first-order valence-corrected chi connectivity index (χ1v) is 14.2. The second kappa shape index (κ2) is 7.52. The molecule has 5 aromatic carbocycles. The normalized spacial score (nSPS) is 14.6. The van der Waals surface area contributed by atoms with E-state index < -0.39 is 0 Å². The fourth-order valence-corrected chi connectivity index (χ4v) is 7.53. The Morgan fingerprint density at radius 3 is 2.44 bits per heavy atom. The smallest absolute Gasteiger partial charge is 0.336 e. The molecule has 10 rings (SSSR count). The van der Waals surface area contributed by atoms with Gasteiger partial charge in [0, 0.05) is 35.2 Å². The zero-order valence-corrected chi connectivity index (χ0v) is 22.4. The van der Waals surface area contributed by atoms with Gasteiger partial charge in [-0.2, -0.15) is 0 Å². The molecule has 0 saturated heterocycles. The van der Waals surface area contributed by atoms with Crippen molar-refractivity contribution in [1.29, 1.82) is 0 Å². The van der Waals surface area contributed by atoms with E-state index in [-0.39, 0.29) is 6.85 Å². The van der Waals surface area contributed by atoms with Crippen LogP contribution in [0.5, 0.6) is 23.0 Å². The van der Waals surface area contributed by atoms with Crippen LogP contribution in [0.3, 0.4) is 0 Å². The van der Waals surface area contributed by atoms with E-state index in [4.69, 9.17) is 9.47 Å². The van der Waals surface area contributed by atoms with E-state index in [0.29, 0.717) is 0 Å². The first-order chi connectivity index (χ1) is 20.2.